The molecule has 0 radical (unpaired) electrons. The smallest absolute Gasteiger partial charge is 0.264 e. The minimum Gasteiger partial charge on any atom is -0.397 e. The molecule has 2 heterocycles. The van der Waals surface area contributed by atoms with E-state index in [1.54, 1.807) is 60.7 Å². The van der Waals surface area contributed by atoms with Gasteiger partial charge in [-0.25, -0.2) is 0 Å². The minimum atomic E-state index is -1.09. The van der Waals surface area contributed by atoms with Crippen molar-refractivity contribution in [3.8, 4) is 0 Å². The van der Waals surface area contributed by atoms with Crippen molar-refractivity contribution in [1.82, 2.24) is 15.5 Å². The first-order chi connectivity index (χ1) is 22.6. The van der Waals surface area contributed by atoms with Crippen LogP contribution in [0.2, 0.25) is 0 Å². The van der Waals surface area contributed by atoms with E-state index in [9.17, 15) is 33.6 Å². The number of amides is 7. The molecule has 0 saturated carbocycles. The van der Waals surface area contributed by atoms with E-state index in [0.29, 0.717) is 42.0 Å². The number of hydrogen-bond donors (Lipinski definition) is 6. The molecule has 1 atom stereocenters. The molecule has 1 unspecified atom stereocenters. The second-order valence-corrected chi connectivity index (χ2v) is 11.0. The summed E-state index contributed by atoms with van der Waals surface area (Å²) in [5, 5.41) is 13.3. The number of nitrogens with one attached hydrogen (secondary N) is 5. The zero-order valence-electron chi connectivity index (χ0n) is 25.3. The van der Waals surface area contributed by atoms with E-state index < -0.39 is 29.7 Å². The lowest BCUT2D eigenvalue weighted by molar-refractivity contribution is -0.136. The standard InChI is InChI=1S/C33H33N7O7/c34-22-7-1-2-8-23(22)38-30(44)19-11-13-20(14-12-19)37-26(41)10-3-4-17-35-28(43)18-36-24-9-5-6-21-29(24)33(47)40(32(21)46)25-15-16-27(42)39-31(25)45/h1-2,5-9,11-14,25,36H,3-4,10,15-18,34H2,(H,35,43)(H,37,41)(H,38,44)(H,39,42,45). The zero-order chi connectivity index (χ0) is 33.5. The average molecular weight is 640 g/mol. The van der Waals surface area contributed by atoms with E-state index in [1.807, 2.05) is 0 Å². The third-order valence-corrected chi connectivity index (χ3v) is 7.70. The van der Waals surface area contributed by atoms with Gasteiger partial charge in [0, 0.05) is 36.3 Å². The van der Waals surface area contributed by atoms with Gasteiger partial charge in [0.2, 0.25) is 23.6 Å². The van der Waals surface area contributed by atoms with Crippen LogP contribution in [0.4, 0.5) is 22.7 Å². The van der Waals surface area contributed by atoms with Crippen LogP contribution in [0.1, 0.15) is 63.2 Å². The summed E-state index contributed by atoms with van der Waals surface area (Å²) in [6.45, 7) is 0.140. The number of unbranched alkanes of at least 4 members (excludes halogenated alkanes) is 1. The number of fused-ring (bicyclic) bond motifs is 1. The van der Waals surface area contributed by atoms with Crippen molar-refractivity contribution in [2.24, 2.45) is 0 Å². The molecule has 242 valence electrons. The second kappa shape index (κ2) is 14.4. The molecule has 0 aromatic heterocycles. The predicted octanol–water partition coefficient (Wildman–Crippen LogP) is 2.26. The first kappa shape index (κ1) is 32.3. The van der Waals surface area contributed by atoms with Gasteiger partial charge >= 0.3 is 0 Å². The van der Waals surface area contributed by atoms with Gasteiger partial charge in [-0.3, -0.25) is 43.8 Å². The van der Waals surface area contributed by atoms with Gasteiger partial charge in [0.15, 0.2) is 0 Å². The van der Waals surface area contributed by atoms with Gasteiger partial charge in [-0.05, 0) is 67.8 Å². The number of nitrogens with zero attached hydrogens (tertiary/aromatic N) is 1. The number of nitrogen functional groups attached to an aromatic ring is 1. The Morgan fingerprint density at radius 2 is 1.57 bits per heavy atom. The molecule has 14 heteroatoms. The number of piperidine rings is 1. The Hall–Kier alpha value is -6.05. The maximum atomic E-state index is 13.2. The summed E-state index contributed by atoms with van der Waals surface area (Å²) in [5.74, 6) is -3.36. The fourth-order valence-corrected chi connectivity index (χ4v) is 5.27. The number of carbonyl (C=O) groups excluding carboxylic acids is 7. The van der Waals surface area contributed by atoms with Crippen molar-refractivity contribution in [2.45, 2.75) is 38.1 Å². The summed E-state index contributed by atoms with van der Waals surface area (Å²) in [6, 6.07) is 16.9. The Labute approximate surface area is 269 Å². The molecular formula is C33H33N7O7. The lowest BCUT2D eigenvalue weighted by Gasteiger charge is -2.27. The quantitative estimate of drug-likeness (QED) is 0.0974. The van der Waals surface area contributed by atoms with Crippen molar-refractivity contribution in [1.29, 1.82) is 0 Å². The minimum absolute atomic E-state index is 0.0154. The fraction of sp³-hybridized carbons (Fsp3) is 0.242. The highest BCUT2D eigenvalue weighted by Gasteiger charge is 2.45. The van der Waals surface area contributed by atoms with Gasteiger partial charge in [-0.1, -0.05) is 18.2 Å². The summed E-state index contributed by atoms with van der Waals surface area (Å²) in [6.07, 6.45) is 1.33. The van der Waals surface area contributed by atoms with E-state index in [0.717, 1.165) is 4.90 Å². The first-order valence-corrected chi connectivity index (χ1v) is 15.0. The zero-order valence-corrected chi connectivity index (χ0v) is 25.3. The highest BCUT2D eigenvalue weighted by atomic mass is 16.2. The fourth-order valence-electron chi connectivity index (χ4n) is 5.27. The van der Waals surface area contributed by atoms with Crippen molar-refractivity contribution in [2.75, 3.05) is 34.8 Å². The van der Waals surface area contributed by atoms with Crippen molar-refractivity contribution < 1.29 is 33.6 Å². The Bertz CT molecular complexity index is 1760. The normalized spacial score (nSPS) is 15.5. The molecule has 7 N–H and O–H groups in total. The van der Waals surface area contributed by atoms with E-state index in [-0.39, 0.29) is 60.3 Å². The predicted molar refractivity (Wildman–Crippen MR) is 172 cm³/mol. The van der Waals surface area contributed by atoms with E-state index in [4.69, 9.17) is 5.73 Å². The largest absolute Gasteiger partial charge is 0.397 e. The van der Waals surface area contributed by atoms with Crippen LogP contribution in [-0.4, -0.2) is 65.4 Å². The number of para-hydroxylation sites is 2. The average Bonchev–Trinajstić information content (AvgIpc) is 3.30. The van der Waals surface area contributed by atoms with Gasteiger partial charge in [0.05, 0.1) is 29.0 Å². The van der Waals surface area contributed by atoms with E-state index in [1.165, 1.54) is 6.07 Å². The molecule has 3 aromatic rings. The van der Waals surface area contributed by atoms with Crippen molar-refractivity contribution >= 4 is 64.1 Å². The first-order valence-electron chi connectivity index (χ1n) is 15.0. The van der Waals surface area contributed by atoms with Gasteiger partial charge in [-0.2, -0.15) is 0 Å². The summed E-state index contributed by atoms with van der Waals surface area (Å²) >= 11 is 0. The van der Waals surface area contributed by atoms with Gasteiger partial charge in [0.1, 0.15) is 6.04 Å². The Balaban J connectivity index is 1.01. The summed E-state index contributed by atoms with van der Waals surface area (Å²) in [5.41, 5.74) is 8.22. The van der Waals surface area contributed by atoms with Crippen LogP contribution in [0.5, 0.6) is 0 Å². The van der Waals surface area contributed by atoms with Crippen LogP contribution >= 0.6 is 0 Å². The Kier molecular flexibility index (Phi) is 9.89. The number of rotatable bonds is 12. The van der Waals surface area contributed by atoms with Crippen LogP contribution < -0.4 is 32.3 Å². The van der Waals surface area contributed by atoms with Crippen LogP contribution in [0.25, 0.3) is 0 Å². The lowest BCUT2D eigenvalue weighted by Crippen LogP contribution is -2.54. The molecule has 1 fully saturated rings. The lowest BCUT2D eigenvalue weighted by atomic mass is 10.0. The summed E-state index contributed by atoms with van der Waals surface area (Å²) in [4.78, 5) is 88.1. The van der Waals surface area contributed by atoms with Crippen LogP contribution in [0.15, 0.2) is 66.7 Å². The second-order valence-electron chi connectivity index (χ2n) is 11.0. The van der Waals surface area contributed by atoms with E-state index in [2.05, 4.69) is 26.6 Å². The van der Waals surface area contributed by atoms with Crippen molar-refractivity contribution in [3.63, 3.8) is 0 Å². The van der Waals surface area contributed by atoms with Crippen molar-refractivity contribution in [3.05, 3.63) is 83.4 Å². The highest BCUT2D eigenvalue weighted by molar-refractivity contribution is 6.25. The Morgan fingerprint density at radius 3 is 2.32 bits per heavy atom. The molecule has 7 amide bonds. The Morgan fingerprint density at radius 1 is 0.830 bits per heavy atom. The molecule has 0 spiro atoms. The van der Waals surface area contributed by atoms with Gasteiger partial charge < -0.3 is 27.0 Å². The summed E-state index contributed by atoms with van der Waals surface area (Å²) in [7, 11) is 0. The molecule has 47 heavy (non-hydrogen) atoms. The molecule has 0 bridgehead atoms. The molecule has 3 aromatic carbocycles. The number of imide groups is 2. The van der Waals surface area contributed by atoms with Crippen LogP contribution in [-0.2, 0) is 19.2 Å². The third-order valence-electron chi connectivity index (χ3n) is 7.70. The molecule has 5 rings (SSSR count). The topological polar surface area (TPSA) is 209 Å². The van der Waals surface area contributed by atoms with Crippen LogP contribution in [0.3, 0.4) is 0 Å². The highest BCUT2D eigenvalue weighted by Crippen LogP contribution is 2.32. The molecule has 2 aliphatic rings. The number of benzene rings is 3. The number of carbonyl (C=O) groups is 7. The maximum absolute atomic E-state index is 13.2. The maximum Gasteiger partial charge on any atom is 0.264 e. The monoisotopic (exact) mass is 639 g/mol. The molecule has 1 saturated heterocycles. The molecular weight excluding hydrogens is 606 g/mol. The molecule has 14 nitrogen and oxygen atoms in total. The number of hydrogen-bond acceptors (Lipinski definition) is 9. The number of anilines is 4. The summed E-state index contributed by atoms with van der Waals surface area (Å²) < 4.78 is 0. The van der Waals surface area contributed by atoms with Gasteiger partial charge in [0.25, 0.3) is 17.7 Å². The van der Waals surface area contributed by atoms with Gasteiger partial charge in [-0.15, -0.1) is 0 Å². The number of nitrogens with two attached hydrogens (primary N) is 1. The third kappa shape index (κ3) is 7.61. The van der Waals surface area contributed by atoms with Crippen LogP contribution in [0, 0.1) is 0 Å². The molecule has 2 aliphatic heterocycles. The molecule has 0 aliphatic carbocycles. The van der Waals surface area contributed by atoms with E-state index >= 15 is 0 Å². The SMILES string of the molecule is Nc1ccccc1NC(=O)c1ccc(NC(=O)CCCCNC(=O)CNc2cccc3c2C(=O)N(C2CCC(=O)NC2=O)C3=O)cc1.